The lowest BCUT2D eigenvalue weighted by Crippen LogP contribution is -2.24. The number of benzene rings is 1. The maximum atomic E-state index is 6.04. The molecule has 0 aromatic heterocycles. The fourth-order valence-corrected chi connectivity index (χ4v) is 2.73. The normalized spacial score (nSPS) is 17.6. The molecule has 1 unspecified atom stereocenters. The van der Waals surface area contributed by atoms with Gasteiger partial charge in [0.15, 0.2) is 5.96 Å². The van der Waals surface area contributed by atoms with Crippen molar-refractivity contribution in [1.82, 2.24) is 0 Å². The lowest BCUT2D eigenvalue weighted by Gasteiger charge is -2.15. The molecule has 1 aromatic rings. The minimum atomic E-state index is 0. The predicted molar refractivity (Wildman–Crippen MR) is 111 cm³/mol. The van der Waals surface area contributed by atoms with Crippen LogP contribution in [-0.2, 0) is 22.3 Å². The van der Waals surface area contributed by atoms with Crippen molar-refractivity contribution < 1.29 is 9.47 Å². The van der Waals surface area contributed by atoms with Crippen LogP contribution in [0.5, 0.6) is 0 Å². The third-order valence-electron chi connectivity index (χ3n) is 4.08. The molecule has 0 radical (unpaired) electrons. The van der Waals surface area contributed by atoms with E-state index in [0.717, 1.165) is 44.6 Å². The van der Waals surface area contributed by atoms with Crippen LogP contribution in [0.1, 0.15) is 37.8 Å². The highest BCUT2D eigenvalue weighted by molar-refractivity contribution is 14.0. The number of nitrogens with zero attached hydrogens (tertiary/aromatic N) is 1. The first-order chi connectivity index (χ1) is 11.2. The van der Waals surface area contributed by atoms with Gasteiger partial charge in [0, 0.05) is 25.4 Å². The summed E-state index contributed by atoms with van der Waals surface area (Å²) in [7, 11) is 0. The number of guanidine groups is 1. The van der Waals surface area contributed by atoms with Crippen LogP contribution >= 0.6 is 24.0 Å². The number of halogens is 1. The van der Waals surface area contributed by atoms with Gasteiger partial charge in [-0.1, -0.05) is 32.0 Å². The van der Waals surface area contributed by atoms with Crippen molar-refractivity contribution in [3.8, 4) is 0 Å². The van der Waals surface area contributed by atoms with Crippen LogP contribution < -0.4 is 11.1 Å². The van der Waals surface area contributed by atoms with Gasteiger partial charge >= 0.3 is 0 Å². The monoisotopic (exact) mass is 447 g/mol. The Morgan fingerprint density at radius 2 is 2.04 bits per heavy atom. The van der Waals surface area contributed by atoms with Crippen LogP contribution in [0, 0.1) is 0 Å². The Balaban J connectivity index is 0.00000288. The van der Waals surface area contributed by atoms with Crippen LogP contribution in [0.15, 0.2) is 23.2 Å². The van der Waals surface area contributed by atoms with Gasteiger partial charge in [-0.15, -0.1) is 24.0 Å². The molecule has 1 heterocycles. The minimum Gasteiger partial charge on any atom is -0.379 e. The Morgan fingerprint density at radius 3 is 2.62 bits per heavy atom. The second-order valence-electron chi connectivity index (χ2n) is 5.76. The van der Waals surface area contributed by atoms with Crippen molar-refractivity contribution >= 4 is 35.6 Å². The molecule has 3 N–H and O–H groups in total. The Morgan fingerprint density at radius 1 is 1.33 bits per heavy atom. The highest BCUT2D eigenvalue weighted by atomic mass is 127. The lowest BCUT2D eigenvalue weighted by atomic mass is 10.0. The number of aryl methyl sites for hydroxylation is 2. The molecule has 1 aliphatic heterocycles. The average molecular weight is 447 g/mol. The Kier molecular flexibility index (Phi) is 10.3. The molecule has 0 bridgehead atoms. The summed E-state index contributed by atoms with van der Waals surface area (Å²) in [5, 5.41) is 3.28. The number of para-hydroxylation sites is 1. The summed E-state index contributed by atoms with van der Waals surface area (Å²) in [4.78, 5) is 4.41. The van der Waals surface area contributed by atoms with Crippen molar-refractivity contribution in [3.05, 3.63) is 29.3 Å². The summed E-state index contributed by atoms with van der Waals surface area (Å²) < 4.78 is 11.0. The number of hydrogen-bond donors (Lipinski definition) is 2. The largest absolute Gasteiger partial charge is 0.379 e. The first-order valence-corrected chi connectivity index (χ1v) is 8.61. The fraction of sp³-hybridized carbons (Fsp3) is 0.611. The van der Waals surface area contributed by atoms with E-state index in [1.807, 2.05) is 0 Å². The molecule has 0 saturated carbocycles. The summed E-state index contributed by atoms with van der Waals surface area (Å²) in [5.74, 6) is 0.477. The van der Waals surface area contributed by atoms with Crippen molar-refractivity contribution in [2.45, 2.75) is 45.6 Å². The lowest BCUT2D eigenvalue weighted by molar-refractivity contribution is 0.0424. The van der Waals surface area contributed by atoms with E-state index in [1.54, 1.807) is 0 Å². The van der Waals surface area contributed by atoms with Crippen molar-refractivity contribution in [2.24, 2.45) is 10.7 Å². The maximum Gasteiger partial charge on any atom is 0.193 e. The zero-order valence-corrected chi connectivity index (χ0v) is 17.0. The van der Waals surface area contributed by atoms with Gasteiger partial charge in [-0.05, 0) is 36.8 Å². The summed E-state index contributed by atoms with van der Waals surface area (Å²) in [6.45, 7) is 7.21. The molecular weight excluding hydrogens is 417 g/mol. The molecule has 1 atom stereocenters. The van der Waals surface area contributed by atoms with E-state index < -0.39 is 0 Å². The molecule has 1 fully saturated rings. The predicted octanol–water partition coefficient (Wildman–Crippen LogP) is 3.35. The number of nitrogens with two attached hydrogens (primary N) is 1. The van der Waals surface area contributed by atoms with Gasteiger partial charge in [0.25, 0.3) is 0 Å². The number of anilines is 1. The van der Waals surface area contributed by atoms with Gasteiger partial charge in [-0.25, -0.2) is 0 Å². The van der Waals surface area contributed by atoms with Gasteiger partial charge in [0.1, 0.15) is 0 Å². The molecule has 0 spiro atoms. The molecule has 1 aromatic carbocycles. The molecule has 5 nitrogen and oxygen atoms in total. The van der Waals surface area contributed by atoms with E-state index in [9.17, 15) is 0 Å². The summed E-state index contributed by atoms with van der Waals surface area (Å²) in [6, 6.07) is 6.36. The molecule has 2 rings (SSSR count). The molecule has 1 saturated heterocycles. The van der Waals surface area contributed by atoms with E-state index in [1.165, 1.54) is 11.1 Å². The SMILES string of the molecule is CCc1cccc(CC)c1NC(N)=NCCCOC1CCOC1.I. The first kappa shape index (κ1) is 21.2. The van der Waals surface area contributed by atoms with Crippen LogP contribution in [0.4, 0.5) is 5.69 Å². The third kappa shape index (κ3) is 6.57. The number of rotatable bonds is 8. The Labute approximate surface area is 162 Å². The zero-order valence-electron chi connectivity index (χ0n) is 14.7. The second kappa shape index (κ2) is 11.7. The van der Waals surface area contributed by atoms with Crippen molar-refractivity contribution in [1.29, 1.82) is 0 Å². The van der Waals surface area contributed by atoms with Crippen LogP contribution in [-0.4, -0.2) is 38.4 Å². The molecule has 1 aliphatic rings. The Hall–Kier alpha value is -0.860. The molecule has 136 valence electrons. The number of ether oxygens (including phenoxy) is 2. The zero-order chi connectivity index (χ0) is 16.5. The Bertz CT molecular complexity index is 495. The molecule has 6 heteroatoms. The van der Waals surface area contributed by atoms with Crippen LogP contribution in [0.3, 0.4) is 0 Å². The van der Waals surface area contributed by atoms with Crippen LogP contribution in [0.25, 0.3) is 0 Å². The highest BCUT2D eigenvalue weighted by Gasteiger charge is 2.15. The summed E-state index contributed by atoms with van der Waals surface area (Å²) >= 11 is 0. The van der Waals surface area contributed by atoms with Crippen molar-refractivity contribution in [2.75, 3.05) is 31.7 Å². The van der Waals surface area contributed by atoms with Gasteiger partial charge in [-0.2, -0.15) is 0 Å². The quantitative estimate of drug-likeness (QED) is 0.278. The molecule has 0 amide bonds. The minimum absolute atomic E-state index is 0. The average Bonchev–Trinajstić information content (AvgIpc) is 3.08. The highest BCUT2D eigenvalue weighted by Crippen LogP contribution is 2.22. The van der Waals surface area contributed by atoms with Crippen molar-refractivity contribution in [3.63, 3.8) is 0 Å². The van der Waals surface area contributed by atoms with Gasteiger partial charge in [0.2, 0.25) is 0 Å². The van der Waals surface area contributed by atoms with E-state index in [-0.39, 0.29) is 30.1 Å². The van der Waals surface area contributed by atoms with E-state index >= 15 is 0 Å². The van der Waals surface area contributed by atoms with Crippen LogP contribution in [0.2, 0.25) is 0 Å². The topological polar surface area (TPSA) is 68.9 Å². The third-order valence-corrected chi connectivity index (χ3v) is 4.08. The second-order valence-corrected chi connectivity index (χ2v) is 5.76. The number of aliphatic imine (C=N–C) groups is 1. The van der Waals surface area contributed by atoms with E-state index in [0.29, 0.717) is 19.1 Å². The molecule has 24 heavy (non-hydrogen) atoms. The number of hydrogen-bond acceptors (Lipinski definition) is 3. The standard InChI is InChI=1S/C18H29N3O2.HI/c1-3-14-7-5-8-15(4-2)17(14)21-18(19)20-10-6-11-23-16-9-12-22-13-16;/h5,7-8,16H,3-4,6,9-13H2,1-2H3,(H3,19,20,21);1H. The summed E-state index contributed by atoms with van der Waals surface area (Å²) in [6.07, 6.45) is 4.08. The molecular formula is C18H30IN3O2. The maximum absolute atomic E-state index is 6.04. The first-order valence-electron chi connectivity index (χ1n) is 8.61. The van der Waals surface area contributed by atoms with E-state index in [2.05, 4.69) is 42.4 Å². The molecule has 0 aliphatic carbocycles. The van der Waals surface area contributed by atoms with Gasteiger partial charge in [-0.3, -0.25) is 4.99 Å². The summed E-state index contributed by atoms with van der Waals surface area (Å²) in [5.41, 5.74) is 9.69. The van der Waals surface area contributed by atoms with E-state index in [4.69, 9.17) is 15.2 Å². The fourth-order valence-electron chi connectivity index (χ4n) is 2.73. The van der Waals surface area contributed by atoms with Gasteiger partial charge in [0.05, 0.1) is 12.7 Å². The number of nitrogens with one attached hydrogen (secondary N) is 1. The van der Waals surface area contributed by atoms with Gasteiger partial charge < -0.3 is 20.5 Å². The smallest absolute Gasteiger partial charge is 0.193 e.